The zero-order valence-corrected chi connectivity index (χ0v) is 22.3. The molecule has 0 heterocycles. The van der Waals surface area contributed by atoms with Gasteiger partial charge in [0.1, 0.15) is 18.2 Å². The lowest BCUT2D eigenvalue weighted by molar-refractivity contribution is 0.291. The van der Waals surface area contributed by atoms with E-state index in [1.54, 1.807) is 0 Å². The first-order valence-electron chi connectivity index (χ1n) is 11.7. The molecule has 38 heavy (non-hydrogen) atoms. The van der Waals surface area contributed by atoms with Gasteiger partial charge in [-0.1, -0.05) is 42.5 Å². The summed E-state index contributed by atoms with van der Waals surface area (Å²) in [6.07, 6.45) is 1.98. The number of nitrogens with one attached hydrogen (secondary N) is 2. The zero-order valence-electron chi connectivity index (χ0n) is 20.6. The van der Waals surface area contributed by atoms with Gasteiger partial charge in [-0.2, -0.15) is 0 Å². The highest BCUT2D eigenvalue weighted by Crippen LogP contribution is 2.43. The van der Waals surface area contributed by atoms with Crippen molar-refractivity contribution in [3.8, 4) is 16.9 Å². The Morgan fingerprint density at radius 3 is 2.42 bits per heavy atom. The van der Waals surface area contributed by atoms with Crippen LogP contribution in [0, 0.1) is 28.3 Å². The van der Waals surface area contributed by atoms with Crippen molar-refractivity contribution < 1.29 is 26.3 Å². The fourth-order valence-electron chi connectivity index (χ4n) is 4.93. The van der Waals surface area contributed by atoms with Crippen LogP contribution in [-0.2, 0) is 23.1 Å². The summed E-state index contributed by atoms with van der Waals surface area (Å²) in [7, 11) is -3.48. The number of nitrogens with two attached hydrogens (primary N) is 1. The summed E-state index contributed by atoms with van der Waals surface area (Å²) in [4.78, 5) is 0. The molecule has 1 saturated carbocycles. The number of rotatable bonds is 9. The van der Waals surface area contributed by atoms with E-state index < -0.39 is 38.9 Å². The van der Waals surface area contributed by atoms with E-state index in [0.29, 0.717) is 12.8 Å². The summed E-state index contributed by atoms with van der Waals surface area (Å²) >= 11 is 0. The van der Waals surface area contributed by atoms with E-state index in [1.165, 1.54) is 24.3 Å². The van der Waals surface area contributed by atoms with Gasteiger partial charge in [-0.05, 0) is 48.9 Å². The van der Waals surface area contributed by atoms with Gasteiger partial charge in [-0.15, -0.1) is 12.4 Å². The third kappa shape index (κ3) is 6.67. The normalized spacial score (nSPS) is 19.1. The molecule has 4 N–H and O–H groups in total. The Morgan fingerprint density at radius 1 is 1.05 bits per heavy atom. The highest BCUT2D eigenvalue weighted by Gasteiger charge is 2.43. The summed E-state index contributed by atoms with van der Waals surface area (Å²) in [6.45, 7) is 0.0482. The quantitative estimate of drug-likeness (QED) is 0.240. The van der Waals surface area contributed by atoms with Gasteiger partial charge in [0, 0.05) is 28.7 Å². The van der Waals surface area contributed by atoms with E-state index >= 15 is 4.39 Å². The molecular weight excluding hydrogens is 539 g/mol. The van der Waals surface area contributed by atoms with E-state index in [-0.39, 0.29) is 60.1 Å². The molecule has 0 amide bonds. The van der Waals surface area contributed by atoms with Crippen LogP contribution >= 0.6 is 12.4 Å². The summed E-state index contributed by atoms with van der Waals surface area (Å²) in [5.41, 5.74) is 5.85. The molecule has 3 aromatic rings. The molecule has 1 aliphatic carbocycles. The topological polar surface area (TPSA) is 105 Å². The second-order valence-corrected chi connectivity index (χ2v) is 11.3. The predicted octanol–water partition coefficient (Wildman–Crippen LogP) is 5.34. The summed E-state index contributed by atoms with van der Waals surface area (Å²) < 4.78 is 76.4. The number of hydrogen-bond acceptors (Lipinski definition) is 4. The fraction of sp³-hybridized carbons (Fsp3) is 0.296. The lowest BCUT2D eigenvalue weighted by atomic mass is 9.78. The minimum Gasteiger partial charge on any atom is -0.485 e. The average Bonchev–Trinajstić information content (AvgIpc) is 3.23. The van der Waals surface area contributed by atoms with Gasteiger partial charge in [0.15, 0.2) is 11.6 Å². The van der Waals surface area contributed by atoms with Gasteiger partial charge in [0.2, 0.25) is 10.0 Å². The number of hydrogen-bond donors (Lipinski definition) is 3. The summed E-state index contributed by atoms with van der Waals surface area (Å²) in [5, 5.41) is 8.17. The molecule has 0 aromatic heterocycles. The molecule has 2 atom stereocenters. The van der Waals surface area contributed by atoms with Gasteiger partial charge < -0.3 is 10.5 Å². The Balaban J connectivity index is 0.00000400. The van der Waals surface area contributed by atoms with Crippen molar-refractivity contribution >= 4 is 28.3 Å². The van der Waals surface area contributed by atoms with Crippen LogP contribution in [0.15, 0.2) is 60.7 Å². The Labute approximate surface area is 226 Å². The third-order valence-corrected chi connectivity index (χ3v) is 7.47. The summed E-state index contributed by atoms with van der Waals surface area (Å²) in [5.74, 6) is -2.78. The van der Waals surface area contributed by atoms with Crippen LogP contribution in [0.3, 0.4) is 0 Å². The first-order chi connectivity index (χ1) is 17.5. The smallest absolute Gasteiger partial charge is 0.208 e. The maximum absolute atomic E-state index is 15.0. The van der Waals surface area contributed by atoms with Gasteiger partial charge in [-0.3, -0.25) is 5.41 Å². The molecule has 1 aliphatic rings. The maximum Gasteiger partial charge on any atom is 0.208 e. The largest absolute Gasteiger partial charge is 0.485 e. The number of amidine groups is 1. The number of ether oxygens (including phenoxy) is 1. The Hall–Kier alpha value is -3.08. The number of benzene rings is 3. The van der Waals surface area contributed by atoms with Crippen molar-refractivity contribution in [3.63, 3.8) is 0 Å². The third-order valence-electron chi connectivity index (χ3n) is 6.71. The highest BCUT2D eigenvalue weighted by atomic mass is 35.5. The van der Waals surface area contributed by atoms with E-state index in [2.05, 4.69) is 4.72 Å². The first-order valence-corrected chi connectivity index (χ1v) is 13.6. The molecule has 0 unspecified atom stereocenters. The van der Waals surface area contributed by atoms with E-state index in [9.17, 15) is 17.2 Å². The Morgan fingerprint density at radius 2 is 1.76 bits per heavy atom. The molecule has 3 aromatic carbocycles. The van der Waals surface area contributed by atoms with Crippen LogP contribution in [0.1, 0.15) is 30.4 Å². The van der Waals surface area contributed by atoms with Gasteiger partial charge >= 0.3 is 0 Å². The molecule has 0 spiro atoms. The molecule has 0 saturated heterocycles. The van der Waals surface area contributed by atoms with E-state index in [0.717, 1.165) is 17.9 Å². The number of halogens is 4. The molecule has 204 valence electrons. The lowest BCUT2D eigenvalue weighted by Gasteiger charge is -2.29. The predicted molar refractivity (Wildman–Crippen MR) is 143 cm³/mol. The van der Waals surface area contributed by atoms with Crippen LogP contribution in [0.2, 0.25) is 0 Å². The van der Waals surface area contributed by atoms with Crippen molar-refractivity contribution in [2.75, 3.05) is 6.26 Å². The lowest BCUT2D eigenvalue weighted by Crippen LogP contribution is -2.39. The minimum absolute atomic E-state index is 0. The maximum atomic E-state index is 15.0. The van der Waals surface area contributed by atoms with Gasteiger partial charge in [-0.25, -0.2) is 26.3 Å². The van der Waals surface area contributed by atoms with Crippen molar-refractivity contribution in [2.24, 2.45) is 11.1 Å². The van der Waals surface area contributed by atoms with E-state index in [1.807, 2.05) is 30.3 Å². The second-order valence-electron chi connectivity index (χ2n) is 9.51. The minimum atomic E-state index is -3.48. The van der Waals surface area contributed by atoms with Gasteiger partial charge in [0.25, 0.3) is 0 Å². The fourth-order valence-corrected chi connectivity index (χ4v) is 5.73. The van der Waals surface area contributed by atoms with Crippen LogP contribution in [0.5, 0.6) is 5.75 Å². The van der Waals surface area contributed by atoms with Gasteiger partial charge in [0.05, 0.1) is 12.1 Å². The van der Waals surface area contributed by atoms with Crippen molar-refractivity contribution in [1.82, 2.24) is 4.72 Å². The second kappa shape index (κ2) is 11.8. The van der Waals surface area contributed by atoms with Crippen LogP contribution in [0.4, 0.5) is 13.2 Å². The molecule has 6 nitrogen and oxygen atoms in total. The average molecular weight is 568 g/mol. The highest BCUT2D eigenvalue weighted by molar-refractivity contribution is 7.88. The van der Waals surface area contributed by atoms with Crippen molar-refractivity contribution in [1.29, 1.82) is 5.41 Å². The molecule has 4 rings (SSSR count). The summed E-state index contributed by atoms with van der Waals surface area (Å²) in [6, 6.07) is 14.8. The van der Waals surface area contributed by atoms with Crippen LogP contribution < -0.4 is 15.2 Å². The Bertz CT molecular complexity index is 1420. The molecule has 0 bridgehead atoms. The SMILES string of the molecule is CS(=O)(=O)N[C@H]1CC[C@](Cc2cc(-c3cccc(F)c3OCc3ccccc3)c(F)cc2F)(C(=N)N)C1.Cl. The zero-order chi connectivity index (χ0) is 26.8. The van der Waals surface area contributed by atoms with Crippen LogP contribution in [-0.4, -0.2) is 26.6 Å². The van der Waals surface area contributed by atoms with Crippen molar-refractivity contribution in [2.45, 2.75) is 38.3 Å². The number of sulfonamides is 1. The Kier molecular flexibility index (Phi) is 9.12. The monoisotopic (exact) mass is 567 g/mol. The molecule has 1 fully saturated rings. The van der Waals surface area contributed by atoms with E-state index in [4.69, 9.17) is 15.9 Å². The molecule has 11 heteroatoms. The molecule has 0 radical (unpaired) electrons. The first kappa shape index (κ1) is 29.5. The molecule has 0 aliphatic heterocycles. The standard InChI is InChI=1S/C27H28F3N3O3S.ClH/c1-37(34,35)33-19-10-11-27(15-19,26(31)32)14-18-12-21(24(30)13-23(18)29)20-8-5-9-22(28)25(20)36-16-17-6-3-2-4-7-17;/h2-9,12-13,19,33H,10-11,14-16H2,1H3,(H3,31,32);1H/t19-,27+;/m0./s1. The molecular formula is C27H29ClF3N3O3S. The van der Waals surface area contributed by atoms with Crippen LogP contribution in [0.25, 0.3) is 11.1 Å². The number of para-hydroxylation sites is 1. The van der Waals surface area contributed by atoms with Crippen molar-refractivity contribution in [3.05, 3.63) is 89.2 Å².